The lowest BCUT2D eigenvalue weighted by molar-refractivity contribution is -0.139. The Bertz CT molecular complexity index is 1580. The van der Waals surface area contributed by atoms with Crippen molar-refractivity contribution in [3.63, 3.8) is 0 Å². The summed E-state index contributed by atoms with van der Waals surface area (Å²) in [5.74, 6) is -5.51. The maximum Gasteiger partial charge on any atom is 0.326 e. The number of carbonyl (C=O) groups is 1. The van der Waals surface area contributed by atoms with Crippen molar-refractivity contribution in [1.82, 2.24) is 9.88 Å². The van der Waals surface area contributed by atoms with Gasteiger partial charge in [0.15, 0.2) is 11.5 Å². The molecule has 1 aliphatic heterocycles. The number of pyridine rings is 1. The molecule has 0 saturated carbocycles. The minimum absolute atomic E-state index is 0.00681. The summed E-state index contributed by atoms with van der Waals surface area (Å²) in [5, 5.41) is 28.2. The number of nitrogens with zero attached hydrogens (tertiary/aromatic N) is 4. The molecule has 234 valence electrons. The zero-order valence-electron chi connectivity index (χ0n) is 25.0. The smallest absolute Gasteiger partial charge is 0.326 e. The largest absolute Gasteiger partial charge is 0.504 e. The minimum Gasteiger partial charge on any atom is -0.504 e. The fraction of sp³-hybridized carbons (Fsp3) is 0.355. The minimum atomic E-state index is -1.29. The Morgan fingerprint density at radius 3 is 2.45 bits per heavy atom. The molecule has 1 unspecified atom stereocenters. The fourth-order valence-corrected chi connectivity index (χ4v) is 4.87. The van der Waals surface area contributed by atoms with Gasteiger partial charge in [0.25, 0.3) is 11.8 Å². The number of aliphatic carboxylic acids is 1. The molecule has 0 spiro atoms. The van der Waals surface area contributed by atoms with Crippen molar-refractivity contribution in [3.05, 3.63) is 65.2 Å². The van der Waals surface area contributed by atoms with Crippen LogP contribution in [0, 0.1) is 23.0 Å². The summed E-state index contributed by atoms with van der Waals surface area (Å²) >= 11 is 0. The molecule has 13 heteroatoms. The van der Waals surface area contributed by atoms with Crippen LogP contribution in [0.2, 0.25) is 0 Å². The topological polar surface area (TPSA) is 158 Å². The molecule has 2 aromatic carbocycles. The standard InChI is InChI=1S/C31H36F2N6O5/c1-5-12-39(21(31(41)42)14-17(2)3)26-24(32)29(43-20-8-6-7-19(15-20)28-36-11-13-38(28)4)37-30(25(26)33)44-23-16-18(27(34)35)9-10-22(23)40/h6-10,15-17,21,40H,5,11-14H2,1-4H3,(H3,34,35)(H,41,42). The van der Waals surface area contributed by atoms with E-state index in [1.165, 1.54) is 18.2 Å². The maximum atomic E-state index is 16.3. The molecule has 1 atom stereocenters. The van der Waals surface area contributed by atoms with Crippen LogP contribution in [0.15, 0.2) is 47.5 Å². The number of anilines is 1. The second-order valence-corrected chi connectivity index (χ2v) is 10.8. The summed E-state index contributed by atoms with van der Waals surface area (Å²) in [6.45, 7) is 6.74. The van der Waals surface area contributed by atoms with Gasteiger partial charge in [-0.2, -0.15) is 13.8 Å². The van der Waals surface area contributed by atoms with E-state index in [1.807, 2.05) is 31.9 Å². The van der Waals surface area contributed by atoms with E-state index in [0.717, 1.165) is 17.3 Å². The predicted molar refractivity (Wildman–Crippen MR) is 162 cm³/mol. The number of phenols is 1. The number of benzene rings is 2. The Labute approximate surface area is 254 Å². The molecule has 1 aliphatic rings. The number of aliphatic imine (C=N–C) groups is 1. The number of halogens is 2. The molecule has 5 N–H and O–H groups in total. The van der Waals surface area contributed by atoms with Crippen molar-refractivity contribution in [3.8, 4) is 29.0 Å². The van der Waals surface area contributed by atoms with E-state index in [1.54, 1.807) is 25.1 Å². The molecular weight excluding hydrogens is 574 g/mol. The SMILES string of the molecule is CCCN(c1c(F)c(Oc2cccc(C3=NCCN3C)c2)nc(Oc2cc(C(=N)N)ccc2O)c1F)C(CC(C)C)C(=O)O. The van der Waals surface area contributed by atoms with Crippen LogP contribution in [0.4, 0.5) is 14.5 Å². The van der Waals surface area contributed by atoms with Crippen LogP contribution in [-0.2, 0) is 4.79 Å². The zero-order chi connectivity index (χ0) is 32.1. The van der Waals surface area contributed by atoms with Crippen molar-refractivity contribution < 1.29 is 33.3 Å². The highest BCUT2D eigenvalue weighted by Gasteiger charge is 2.35. The number of carboxylic acids is 1. The van der Waals surface area contributed by atoms with Crippen molar-refractivity contribution >= 4 is 23.3 Å². The number of nitrogen functional groups attached to an aromatic ring is 1. The molecule has 44 heavy (non-hydrogen) atoms. The van der Waals surface area contributed by atoms with E-state index < -0.39 is 46.8 Å². The van der Waals surface area contributed by atoms with E-state index in [-0.39, 0.29) is 41.8 Å². The monoisotopic (exact) mass is 610 g/mol. The molecule has 4 rings (SSSR count). The number of carboxylic acid groups (broad SMARTS) is 1. The number of nitrogens with one attached hydrogen (secondary N) is 1. The lowest BCUT2D eigenvalue weighted by Gasteiger charge is -2.32. The number of phenolic OH excluding ortho intramolecular Hbond substituents is 1. The van der Waals surface area contributed by atoms with Crippen LogP contribution in [-0.4, -0.2) is 70.5 Å². The number of aromatic hydroxyl groups is 1. The number of hydrogen-bond donors (Lipinski definition) is 4. The molecule has 2 heterocycles. The van der Waals surface area contributed by atoms with Gasteiger partial charge in [0.1, 0.15) is 29.1 Å². The number of rotatable bonds is 13. The summed E-state index contributed by atoms with van der Waals surface area (Å²) in [6, 6.07) is 9.20. The van der Waals surface area contributed by atoms with Crippen LogP contribution < -0.4 is 20.1 Å². The van der Waals surface area contributed by atoms with Gasteiger partial charge in [-0.25, -0.2) is 4.79 Å². The van der Waals surface area contributed by atoms with Crippen molar-refractivity contribution in [2.45, 2.75) is 39.7 Å². The molecule has 11 nitrogen and oxygen atoms in total. The third-order valence-electron chi connectivity index (χ3n) is 6.94. The lowest BCUT2D eigenvalue weighted by Crippen LogP contribution is -2.44. The highest BCUT2D eigenvalue weighted by molar-refractivity contribution is 6.00. The van der Waals surface area contributed by atoms with Gasteiger partial charge in [-0.1, -0.05) is 32.9 Å². The van der Waals surface area contributed by atoms with Crippen molar-refractivity contribution in [2.75, 3.05) is 31.6 Å². The zero-order valence-corrected chi connectivity index (χ0v) is 25.0. The number of amidine groups is 2. The van der Waals surface area contributed by atoms with Gasteiger partial charge >= 0.3 is 5.97 Å². The summed E-state index contributed by atoms with van der Waals surface area (Å²) in [7, 11) is 1.89. The van der Waals surface area contributed by atoms with Crippen molar-refractivity contribution in [2.24, 2.45) is 16.6 Å². The number of likely N-dealkylation sites (N-methyl/N-ethyl adjacent to an activating group) is 1. The van der Waals surface area contributed by atoms with E-state index in [9.17, 15) is 15.0 Å². The summed E-state index contributed by atoms with van der Waals surface area (Å²) in [5.41, 5.74) is 5.75. The molecule has 0 bridgehead atoms. The molecule has 0 aliphatic carbocycles. The molecule has 0 amide bonds. The van der Waals surface area contributed by atoms with Crippen LogP contribution in [0.1, 0.15) is 44.7 Å². The van der Waals surface area contributed by atoms with E-state index in [0.29, 0.717) is 18.5 Å². The summed E-state index contributed by atoms with van der Waals surface area (Å²) in [4.78, 5) is 24.0. The molecule has 0 fully saturated rings. The fourth-order valence-electron chi connectivity index (χ4n) is 4.87. The highest BCUT2D eigenvalue weighted by atomic mass is 19.1. The Balaban J connectivity index is 1.88. The number of nitrogens with two attached hydrogens (primary N) is 1. The second-order valence-electron chi connectivity index (χ2n) is 10.8. The second kappa shape index (κ2) is 13.6. The van der Waals surface area contributed by atoms with Gasteiger partial charge in [0.2, 0.25) is 11.6 Å². The summed E-state index contributed by atoms with van der Waals surface area (Å²) in [6.07, 6.45) is 0.469. The average Bonchev–Trinajstić information content (AvgIpc) is 3.40. The highest BCUT2D eigenvalue weighted by Crippen LogP contribution is 2.41. The Morgan fingerprint density at radius 1 is 1.16 bits per heavy atom. The van der Waals surface area contributed by atoms with Gasteiger partial charge < -0.3 is 35.2 Å². The van der Waals surface area contributed by atoms with Gasteiger partial charge in [0, 0.05) is 31.3 Å². The van der Waals surface area contributed by atoms with E-state index in [2.05, 4.69) is 9.98 Å². The van der Waals surface area contributed by atoms with Crippen LogP contribution in [0.25, 0.3) is 0 Å². The quantitative estimate of drug-likeness (QED) is 0.148. The first-order chi connectivity index (χ1) is 20.9. The third-order valence-corrected chi connectivity index (χ3v) is 6.94. The van der Waals surface area contributed by atoms with Gasteiger partial charge in [-0.05, 0) is 49.1 Å². The first kappa shape index (κ1) is 32.0. The van der Waals surface area contributed by atoms with E-state index >= 15 is 8.78 Å². The molecular formula is C31H36F2N6O5. The Hall–Kier alpha value is -4.94. The average molecular weight is 611 g/mol. The predicted octanol–water partition coefficient (Wildman–Crippen LogP) is 5.34. The van der Waals surface area contributed by atoms with Gasteiger partial charge in [-0.3, -0.25) is 10.4 Å². The summed E-state index contributed by atoms with van der Waals surface area (Å²) < 4.78 is 44.1. The Morgan fingerprint density at radius 2 is 1.86 bits per heavy atom. The van der Waals surface area contributed by atoms with Gasteiger partial charge in [0.05, 0.1) is 6.54 Å². The number of aromatic nitrogens is 1. The van der Waals surface area contributed by atoms with Crippen LogP contribution in [0.5, 0.6) is 29.0 Å². The van der Waals surface area contributed by atoms with Gasteiger partial charge in [-0.15, -0.1) is 0 Å². The normalized spacial score (nSPS) is 13.5. The number of hydrogen-bond acceptors (Lipinski definition) is 9. The maximum absolute atomic E-state index is 16.3. The molecule has 0 radical (unpaired) electrons. The van der Waals surface area contributed by atoms with Crippen molar-refractivity contribution in [1.29, 1.82) is 5.41 Å². The number of ether oxygens (including phenoxy) is 2. The first-order valence-corrected chi connectivity index (χ1v) is 14.2. The first-order valence-electron chi connectivity index (χ1n) is 14.2. The third kappa shape index (κ3) is 6.99. The van der Waals surface area contributed by atoms with Crippen LogP contribution >= 0.6 is 0 Å². The van der Waals surface area contributed by atoms with E-state index in [4.69, 9.17) is 20.6 Å². The lowest BCUT2D eigenvalue weighted by atomic mass is 10.0. The molecule has 0 saturated heterocycles. The van der Waals surface area contributed by atoms with Crippen LogP contribution in [0.3, 0.4) is 0 Å². The molecule has 1 aromatic heterocycles. The Kier molecular flexibility index (Phi) is 9.87. The molecule has 3 aromatic rings.